The number of hydrogen-bond acceptors (Lipinski definition) is 3. The van der Waals surface area contributed by atoms with Crippen LogP contribution in [-0.4, -0.2) is 14.3 Å². The maximum atomic E-state index is 12.0. The van der Waals surface area contributed by atoms with Gasteiger partial charge in [-0.3, -0.25) is 4.79 Å². The molecular weight excluding hydrogens is 312 g/mol. The summed E-state index contributed by atoms with van der Waals surface area (Å²) in [5.74, 6) is -0.535. The van der Waals surface area contributed by atoms with Gasteiger partial charge in [0.2, 0.25) is 10.0 Å². The molecule has 21 heavy (non-hydrogen) atoms. The molecule has 0 bridgehead atoms. The Morgan fingerprint density at radius 3 is 2.38 bits per heavy atom. The molecule has 110 valence electrons. The second-order valence-electron chi connectivity index (χ2n) is 4.47. The molecule has 0 aliphatic rings. The summed E-state index contributed by atoms with van der Waals surface area (Å²) in [6, 6.07) is 13.0. The number of halogens is 1. The van der Waals surface area contributed by atoms with Gasteiger partial charge in [-0.25, -0.2) is 13.6 Å². The van der Waals surface area contributed by atoms with Crippen LogP contribution in [-0.2, 0) is 15.8 Å². The summed E-state index contributed by atoms with van der Waals surface area (Å²) in [5.41, 5.74) is 1.55. The zero-order valence-corrected chi connectivity index (χ0v) is 12.5. The van der Waals surface area contributed by atoms with Crippen molar-refractivity contribution < 1.29 is 13.2 Å². The van der Waals surface area contributed by atoms with Gasteiger partial charge in [0, 0.05) is 16.3 Å². The SMILES string of the molecule is NS(=O)(=O)Cc1ccc(NC(=O)c2cccc(Cl)c2)cc1. The Balaban J connectivity index is 2.08. The first-order valence-electron chi connectivity index (χ1n) is 6.00. The predicted molar refractivity (Wildman–Crippen MR) is 82.7 cm³/mol. The van der Waals surface area contributed by atoms with E-state index in [0.29, 0.717) is 21.8 Å². The van der Waals surface area contributed by atoms with Gasteiger partial charge in [-0.15, -0.1) is 0 Å². The van der Waals surface area contributed by atoms with Crippen LogP contribution in [0.2, 0.25) is 5.02 Å². The fourth-order valence-electron chi connectivity index (χ4n) is 1.75. The number of nitrogens with two attached hydrogens (primary N) is 1. The largest absolute Gasteiger partial charge is 0.322 e. The van der Waals surface area contributed by atoms with Gasteiger partial charge >= 0.3 is 0 Å². The number of rotatable bonds is 4. The molecule has 1 amide bonds. The second-order valence-corrected chi connectivity index (χ2v) is 6.52. The van der Waals surface area contributed by atoms with Gasteiger partial charge in [-0.2, -0.15) is 0 Å². The molecule has 0 spiro atoms. The molecule has 2 aromatic rings. The van der Waals surface area contributed by atoms with E-state index in [-0.39, 0.29) is 11.7 Å². The van der Waals surface area contributed by atoms with E-state index < -0.39 is 10.0 Å². The van der Waals surface area contributed by atoms with Crippen LogP contribution in [0, 0.1) is 0 Å². The Hall–Kier alpha value is -1.89. The van der Waals surface area contributed by atoms with Crippen molar-refractivity contribution in [1.29, 1.82) is 0 Å². The molecule has 7 heteroatoms. The quantitative estimate of drug-likeness (QED) is 0.904. The Kier molecular flexibility index (Phi) is 4.62. The number of primary sulfonamides is 1. The number of nitrogens with one attached hydrogen (secondary N) is 1. The number of hydrogen-bond donors (Lipinski definition) is 2. The number of sulfonamides is 1. The first-order valence-corrected chi connectivity index (χ1v) is 8.09. The highest BCUT2D eigenvalue weighted by Gasteiger charge is 2.08. The molecular formula is C14H13ClN2O3S. The zero-order valence-electron chi connectivity index (χ0n) is 10.9. The van der Waals surface area contributed by atoms with Crippen molar-refractivity contribution in [3.63, 3.8) is 0 Å². The molecule has 2 rings (SSSR count). The Bertz CT molecular complexity index is 758. The van der Waals surface area contributed by atoms with Crippen LogP contribution in [0.1, 0.15) is 15.9 Å². The lowest BCUT2D eigenvalue weighted by Gasteiger charge is -2.06. The van der Waals surface area contributed by atoms with Crippen molar-refractivity contribution in [2.75, 3.05) is 5.32 Å². The molecule has 5 nitrogen and oxygen atoms in total. The van der Waals surface area contributed by atoms with Crippen molar-refractivity contribution >= 4 is 33.2 Å². The smallest absolute Gasteiger partial charge is 0.255 e. The molecule has 0 fully saturated rings. The van der Waals surface area contributed by atoms with E-state index in [4.69, 9.17) is 16.7 Å². The monoisotopic (exact) mass is 324 g/mol. The molecule has 0 unspecified atom stereocenters. The van der Waals surface area contributed by atoms with Crippen molar-refractivity contribution in [2.45, 2.75) is 5.75 Å². The lowest BCUT2D eigenvalue weighted by molar-refractivity contribution is 0.102. The normalized spacial score (nSPS) is 11.1. The standard InChI is InChI=1S/C14H13ClN2O3S/c15-12-3-1-2-11(8-12)14(18)17-13-6-4-10(5-7-13)9-21(16,19)20/h1-8H,9H2,(H,17,18)(H2,16,19,20). The Morgan fingerprint density at radius 1 is 1.14 bits per heavy atom. The van der Waals surface area contributed by atoms with E-state index in [1.165, 1.54) is 0 Å². The van der Waals surface area contributed by atoms with E-state index in [1.807, 2.05) is 0 Å². The number of benzene rings is 2. The molecule has 0 aliphatic carbocycles. The molecule has 0 atom stereocenters. The van der Waals surface area contributed by atoms with E-state index in [1.54, 1.807) is 48.5 Å². The predicted octanol–water partition coefficient (Wildman–Crippen LogP) is 2.38. The summed E-state index contributed by atoms with van der Waals surface area (Å²) in [6.45, 7) is 0. The zero-order chi connectivity index (χ0) is 15.5. The van der Waals surface area contributed by atoms with Crippen molar-refractivity contribution in [2.24, 2.45) is 5.14 Å². The molecule has 0 radical (unpaired) electrons. The third-order valence-electron chi connectivity index (χ3n) is 2.67. The van der Waals surface area contributed by atoms with Crippen LogP contribution in [0.5, 0.6) is 0 Å². The van der Waals surface area contributed by atoms with Crippen molar-refractivity contribution in [3.05, 3.63) is 64.7 Å². The lowest BCUT2D eigenvalue weighted by atomic mass is 10.2. The topological polar surface area (TPSA) is 89.3 Å². The van der Waals surface area contributed by atoms with E-state index in [0.717, 1.165) is 0 Å². The first kappa shape index (κ1) is 15.5. The summed E-state index contributed by atoms with van der Waals surface area (Å²) in [7, 11) is -3.56. The summed E-state index contributed by atoms with van der Waals surface area (Å²) < 4.78 is 22.0. The minimum absolute atomic E-state index is 0.241. The fourth-order valence-corrected chi connectivity index (χ4v) is 2.60. The fraction of sp³-hybridized carbons (Fsp3) is 0.0714. The molecule has 0 aliphatic heterocycles. The number of carbonyl (C=O) groups is 1. The summed E-state index contributed by atoms with van der Waals surface area (Å²) >= 11 is 5.83. The van der Waals surface area contributed by atoms with Crippen molar-refractivity contribution in [3.8, 4) is 0 Å². The first-order chi connectivity index (χ1) is 9.83. The van der Waals surface area contributed by atoms with Gasteiger partial charge in [-0.1, -0.05) is 29.8 Å². The third kappa shape index (κ3) is 4.86. The van der Waals surface area contributed by atoms with Gasteiger partial charge in [0.25, 0.3) is 5.91 Å². The minimum Gasteiger partial charge on any atom is -0.322 e. The molecule has 0 heterocycles. The number of anilines is 1. The van der Waals surface area contributed by atoms with E-state index in [9.17, 15) is 13.2 Å². The van der Waals surface area contributed by atoms with Gasteiger partial charge in [0.1, 0.15) is 0 Å². The molecule has 0 saturated heterocycles. The molecule has 0 saturated carbocycles. The highest BCUT2D eigenvalue weighted by Crippen LogP contribution is 2.15. The molecule has 0 aromatic heterocycles. The summed E-state index contributed by atoms with van der Waals surface area (Å²) in [5, 5.41) is 8.14. The highest BCUT2D eigenvalue weighted by atomic mass is 35.5. The van der Waals surface area contributed by atoms with Gasteiger partial charge in [-0.05, 0) is 35.9 Å². The highest BCUT2D eigenvalue weighted by molar-refractivity contribution is 7.88. The van der Waals surface area contributed by atoms with Crippen molar-refractivity contribution in [1.82, 2.24) is 0 Å². The van der Waals surface area contributed by atoms with Crippen LogP contribution < -0.4 is 10.5 Å². The van der Waals surface area contributed by atoms with E-state index >= 15 is 0 Å². The van der Waals surface area contributed by atoms with Gasteiger partial charge < -0.3 is 5.32 Å². The molecule has 2 aromatic carbocycles. The van der Waals surface area contributed by atoms with Crippen LogP contribution in [0.3, 0.4) is 0 Å². The molecule has 3 N–H and O–H groups in total. The Labute approximate surface area is 127 Å². The summed E-state index contributed by atoms with van der Waals surface area (Å²) in [6.07, 6.45) is 0. The van der Waals surface area contributed by atoms with Crippen LogP contribution in [0.25, 0.3) is 0 Å². The lowest BCUT2D eigenvalue weighted by Crippen LogP contribution is -2.15. The van der Waals surface area contributed by atoms with E-state index in [2.05, 4.69) is 5.32 Å². The average molecular weight is 325 g/mol. The van der Waals surface area contributed by atoms with Gasteiger partial charge in [0.15, 0.2) is 0 Å². The average Bonchev–Trinajstić information content (AvgIpc) is 2.39. The number of carbonyl (C=O) groups excluding carboxylic acids is 1. The van der Waals surface area contributed by atoms with Crippen LogP contribution in [0.4, 0.5) is 5.69 Å². The summed E-state index contributed by atoms with van der Waals surface area (Å²) in [4.78, 5) is 12.0. The maximum Gasteiger partial charge on any atom is 0.255 e. The van der Waals surface area contributed by atoms with Crippen LogP contribution >= 0.6 is 11.6 Å². The second kappa shape index (κ2) is 6.26. The minimum atomic E-state index is -3.56. The van der Waals surface area contributed by atoms with Gasteiger partial charge in [0.05, 0.1) is 5.75 Å². The third-order valence-corrected chi connectivity index (χ3v) is 3.64. The maximum absolute atomic E-state index is 12.0. The van der Waals surface area contributed by atoms with Crippen LogP contribution in [0.15, 0.2) is 48.5 Å². The number of amides is 1. The Morgan fingerprint density at radius 2 is 1.81 bits per heavy atom.